The quantitative estimate of drug-likeness (QED) is 0.533. The second-order valence-electron chi connectivity index (χ2n) is 8.79. The number of carbonyl (C=O) groups excluding carboxylic acids is 3. The second kappa shape index (κ2) is 9.03. The van der Waals surface area contributed by atoms with Crippen LogP contribution in [0.25, 0.3) is 5.69 Å². The molecule has 2 aromatic carbocycles. The molecule has 2 aliphatic heterocycles. The lowest BCUT2D eigenvalue weighted by Gasteiger charge is -2.46. The predicted octanol–water partition coefficient (Wildman–Crippen LogP) is 4.14. The van der Waals surface area contributed by atoms with Crippen molar-refractivity contribution in [3.63, 3.8) is 0 Å². The Kier molecular flexibility index (Phi) is 5.87. The second-order valence-corrected chi connectivity index (χ2v) is 8.79. The minimum absolute atomic E-state index is 0.123. The largest absolute Gasteiger partial charge is 0.465 e. The molecular weight excluding hydrogens is 467 g/mol. The third-order valence-electron chi connectivity index (χ3n) is 6.82. The summed E-state index contributed by atoms with van der Waals surface area (Å²) in [6.45, 7) is 0.831. The van der Waals surface area contributed by atoms with Crippen LogP contribution in [0.4, 0.5) is 20.6 Å². The average Bonchev–Trinajstić information content (AvgIpc) is 3.39. The molecule has 0 bridgehead atoms. The van der Waals surface area contributed by atoms with E-state index in [0.717, 1.165) is 11.4 Å². The van der Waals surface area contributed by atoms with Crippen LogP contribution < -0.4 is 10.6 Å². The molecule has 0 aliphatic carbocycles. The molecule has 36 heavy (non-hydrogen) atoms. The number of aromatic nitrogens is 1. The predicted molar refractivity (Wildman–Crippen MR) is 130 cm³/mol. The molecule has 2 aliphatic rings. The first-order valence-corrected chi connectivity index (χ1v) is 11.5. The summed E-state index contributed by atoms with van der Waals surface area (Å²) in [5.41, 5.74) is 2.66. The highest BCUT2D eigenvalue weighted by Gasteiger charge is 2.42. The Bertz CT molecular complexity index is 1360. The minimum Gasteiger partial charge on any atom is -0.465 e. The van der Waals surface area contributed by atoms with Gasteiger partial charge < -0.3 is 29.6 Å². The van der Waals surface area contributed by atoms with Gasteiger partial charge in [-0.2, -0.15) is 0 Å². The van der Waals surface area contributed by atoms with Gasteiger partial charge in [0.15, 0.2) is 0 Å². The van der Waals surface area contributed by atoms with E-state index in [1.54, 1.807) is 11.0 Å². The Morgan fingerprint density at radius 2 is 1.75 bits per heavy atom. The van der Waals surface area contributed by atoms with Gasteiger partial charge in [-0.1, -0.05) is 0 Å². The molecule has 0 unspecified atom stereocenters. The Hall–Kier alpha value is -4.34. The smallest absolute Gasteiger partial charge is 0.339 e. The fourth-order valence-corrected chi connectivity index (χ4v) is 4.97. The van der Waals surface area contributed by atoms with Gasteiger partial charge in [0.2, 0.25) is 0 Å². The number of benzene rings is 2. The number of hydrogen-bond acceptors (Lipinski definition) is 6. The maximum Gasteiger partial charge on any atom is 0.339 e. The van der Waals surface area contributed by atoms with E-state index < -0.39 is 23.5 Å². The van der Waals surface area contributed by atoms with E-state index in [0.29, 0.717) is 31.6 Å². The first-order valence-electron chi connectivity index (χ1n) is 11.5. The number of anilines is 2. The highest BCUT2D eigenvalue weighted by Crippen LogP contribution is 2.43. The lowest BCUT2D eigenvalue weighted by atomic mass is 9.82. The topological polar surface area (TPSA) is 102 Å². The molecule has 2 N–H and O–H groups in total. The zero-order chi connectivity index (χ0) is 25.4. The van der Waals surface area contributed by atoms with Gasteiger partial charge >= 0.3 is 18.0 Å². The van der Waals surface area contributed by atoms with Crippen molar-refractivity contribution in [2.45, 2.75) is 18.4 Å². The minimum atomic E-state index is -0.641. The molecule has 0 saturated carbocycles. The van der Waals surface area contributed by atoms with E-state index in [4.69, 9.17) is 9.47 Å². The van der Waals surface area contributed by atoms with Crippen molar-refractivity contribution in [1.82, 2.24) is 9.47 Å². The van der Waals surface area contributed by atoms with Crippen molar-refractivity contribution >= 4 is 29.3 Å². The fraction of sp³-hybridized carbons (Fsp3) is 0.269. The zero-order valence-electron chi connectivity index (χ0n) is 19.8. The van der Waals surface area contributed by atoms with Crippen molar-refractivity contribution in [2.75, 3.05) is 37.9 Å². The molecule has 0 atom stereocenters. The monoisotopic (exact) mass is 492 g/mol. The van der Waals surface area contributed by atoms with E-state index >= 15 is 0 Å². The summed E-state index contributed by atoms with van der Waals surface area (Å²) in [6, 6.07) is 12.5. The molecule has 1 spiro atoms. The van der Waals surface area contributed by atoms with Crippen molar-refractivity contribution in [1.29, 1.82) is 0 Å². The Morgan fingerprint density at radius 3 is 2.47 bits per heavy atom. The normalized spacial score (nSPS) is 15.4. The van der Waals surface area contributed by atoms with E-state index in [1.807, 2.05) is 18.3 Å². The van der Waals surface area contributed by atoms with Crippen molar-refractivity contribution in [3.05, 3.63) is 77.4 Å². The summed E-state index contributed by atoms with van der Waals surface area (Å²) in [5.74, 6) is -1.55. The molecule has 1 aromatic heterocycles. The van der Waals surface area contributed by atoms with Gasteiger partial charge in [0.25, 0.3) is 0 Å². The molecule has 2 amide bonds. The van der Waals surface area contributed by atoms with Crippen LogP contribution in [-0.2, 0) is 15.0 Å². The van der Waals surface area contributed by atoms with E-state index in [-0.39, 0.29) is 22.6 Å². The summed E-state index contributed by atoms with van der Waals surface area (Å²) in [6.07, 6.45) is 3.13. The summed E-state index contributed by atoms with van der Waals surface area (Å²) >= 11 is 0. The molecule has 0 radical (unpaired) electrons. The molecular formula is C26H25FN4O5. The number of methoxy groups -OCH3 is 2. The number of likely N-dealkylation sites (tertiary alicyclic amines) is 1. The summed E-state index contributed by atoms with van der Waals surface area (Å²) in [5, 5.41) is 6.28. The van der Waals surface area contributed by atoms with Gasteiger partial charge in [0, 0.05) is 25.0 Å². The lowest BCUT2D eigenvalue weighted by Crippen LogP contribution is -2.51. The zero-order valence-corrected chi connectivity index (χ0v) is 19.8. The van der Waals surface area contributed by atoms with Crippen molar-refractivity contribution < 1.29 is 28.2 Å². The number of halogens is 1. The van der Waals surface area contributed by atoms with Crippen LogP contribution in [0.3, 0.4) is 0 Å². The number of amides is 2. The number of nitrogens with zero attached hydrogens (tertiary/aromatic N) is 2. The maximum atomic E-state index is 14.0. The number of fused-ring (bicyclic) bond motifs is 4. The summed E-state index contributed by atoms with van der Waals surface area (Å²) in [4.78, 5) is 39.0. The van der Waals surface area contributed by atoms with Crippen molar-refractivity contribution in [3.8, 4) is 5.69 Å². The maximum absolute atomic E-state index is 14.0. The molecule has 186 valence electrons. The van der Waals surface area contributed by atoms with Crippen LogP contribution in [0.2, 0.25) is 0 Å². The van der Waals surface area contributed by atoms with Crippen molar-refractivity contribution in [2.24, 2.45) is 0 Å². The molecule has 3 heterocycles. The van der Waals surface area contributed by atoms with E-state index in [9.17, 15) is 18.8 Å². The summed E-state index contributed by atoms with van der Waals surface area (Å²) in [7, 11) is 2.49. The fourth-order valence-electron chi connectivity index (χ4n) is 4.97. The number of ether oxygens (including phenoxy) is 2. The third kappa shape index (κ3) is 3.94. The van der Waals surface area contributed by atoms with Crippen LogP contribution in [0.15, 0.2) is 54.7 Å². The SMILES string of the molecule is COC(=O)c1ccc(C(=O)OC)c(NC(=O)N2CCC3(CC2)Nc2cc(F)ccc2-n2cccc23)c1. The first kappa shape index (κ1) is 23.4. The standard InChI is InChI=1S/C26H25FN4O5/c1-35-23(32)16-5-7-18(24(33)36-2)19(14-16)28-25(34)30-12-9-26(10-13-30)22-4-3-11-31(22)21-8-6-17(27)15-20(21)29-26/h3-8,11,14-15,29H,9-10,12-13H2,1-2H3,(H,28,34). The number of piperidine rings is 1. The molecule has 5 rings (SSSR count). The Balaban J connectivity index is 1.35. The van der Waals surface area contributed by atoms with Crippen LogP contribution in [-0.4, -0.2) is 54.7 Å². The number of hydrogen-bond donors (Lipinski definition) is 2. The van der Waals surface area contributed by atoms with Gasteiger partial charge in [-0.15, -0.1) is 0 Å². The lowest BCUT2D eigenvalue weighted by molar-refractivity contribution is 0.0587. The van der Waals surface area contributed by atoms with Gasteiger partial charge in [0.05, 0.1) is 47.9 Å². The molecule has 3 aromatic rings. The van der Waals surface area contributed by atoms with Crippen LogP contribution in [0.5, 0.6) is 0 Å². The van der Waals surface area contributed by atoms with Crippen LogP contribution in [0.1, 0.15) is 39.3 Å². The molecule has 1 fully saturated rings. The molecule has 1 saturated heterocycles. The number of urea groups is 1. The number of carbonyl (C=O) groups is 3. The number of nitrogens with one attached hydrogen (secondary N) is 2. The van der Waals surface area contributed by atoms with Crippen LogP contribution in [0, 0.1) is 5.82 Å². The Labute approximate surface area is 206 Å². The number of esters is 2. The third-order valence-corrected chi connectivity index (χ3v) is 6.82. The van der Waals surface area contributed by atoms with Gasteiger partial charge in [-0.25, -0.2) is 18.8 Å². The molecule has 10 heteroatoms. The number of rotatable bonds is 3. The van der Waals surface area contributed by atoms with Gasteiger partial charge in [-0.05, 0) is 61.4 Å². The first-order chi connectivity index (χ1) is 17.3. The van der Waals surface area contributed by atoms with E-state index in [1.165, 1.54) is 44.6 Å². The Morgan fingerprint density at radius 1 is 1.00 bits per heavy atom. The van der Waals surface area contributed by atoms with Gasteiger partial charge in [0.1, 0.15) is 5.82 Å². The highest BCUT2D eigenvalue weighted by molar-refractivity contribution is 6.03. The summed E-state index contributed by atoms with van der Waals surface area (Å²) < 4.78 is 25.6. The highest BCUT2D eigenvalue weighted by atomic mass is 19.1. The molecule has 9 nitrogen and oxygen atoms in total. The van der Waals surface area contributed by atoms with E-state index in [2.05, 4.69) is 15.2 Å². The van der Waals surface area contributed by atoms with Crippen LogP contribution >= 0.6 is 0 Å². The van der Waals surface area contributed by atoms with Gasteiger partial charge in [-0.3, -0.25) is 0 Å². The average molecular weight is 493 g/mol.